The van der Waals surface area contributed by atoms with E-state index < -0.39 is 0 Å². The molecule has 130 valence electrons. The summed E-state index contributed by atoms with van der Waals surface area (Å²) in [4.78, 5) is 0. The number of aromatic nitrogens is 1. The summed E-state index contributed by atoms with van der Waals surface area (Å²) in [5.41, 5.74) is 9.14. The molecule has 1 aromatic heterocycles. The summed E-state index contributed by atoms with van der Waals surface area (Å²) in [6.45, 7) is 1.60. The molecule has 4 aromatic rings. The van der Waals surface area contributed by atoms with Gasteiger partial charge in [-0.15, -0.1) is 0 Å². The molecule has 0 saturated heterocycles. The second kappa shape index (κ2) is 6.07. The van der Waals surface area contributed by atoms with Crippen molar-refractivity contribution in [3.8, 4) is 11.5 Å². The molecule has 2 N–H and O–H groups in total. The van der Waals surface area contributed by atoms with E-state index in [1.807, 2.05) is 24.3 Å². The number of hydrogen-bond donors (Lipinski definition) is 1. The van der Waals surface area contributed by atoms with Crippen molar-refractivity contribution in [2.75, 3.05) is 19.8 Å². The first-order valence-electron chi connectivity index (χ1n) is 8.94. The second-order valence-electron chi connectivity index (χ2n) is 6.55. The number of nitrogens with zero attached hydrogens (tertiary/aromatic N) is 1. The Morgan fingerprint density at radius 1 is 0.923 bits per heavy atom. The lowest BCUT2D eigenvalue weighted by Crippen LogP contribution is -2.23. The van der Waals surface area contributed by atoms with E-state index in [1.54, 1.807) is 0 Å². The van der Waals surface area contributed by atoms with Gasteiger partial charge in [0.1, 0.15) is 24.7 Å². The van der Waals surface area contributed by atoms with E-state index in [0.717, 1.165) is 22.5 Å². The minimum absolute atomic E-state index is 0.105. The zero-order valence-corrected chi connectivity index (χ0v) is 14.4. The molecule has 1 aliphatic heterocycles. The highest BCUT2D eigenvalue weighted by Gasteiger charge is 2.28. The molecule has 0 aliphatic carbocycles. The summed E-state index contributed by atoms with van der Waals surface area (Å²) in [5, 5.41) is 2.37. The van der Waals surface area contributed by atoms with E-state index >= 15 is 0 Å². The van der Waals surface area contributed by atoms with E-state index in [-0.39, 0.29) is 6.04 Å². The maximum atomic E-state index is 6.13. The van der Waals surface area contributed by atoms with E-state index in [1.165, 1.54) is 16.3 Å². The number of para-hydroxylation sites is 2. The standard InChI is InChI=1S/C22H20N2O2/c23-12-13-25-19-10-4-8-16-17-9-5-11-20-22(17)24(21(16)19)18(14-26-20)15-6-2-1-3-7-15/h1-11,18H,12-14,23H2/t18-/m0/s1. The molecular weight excluding hydrogens is 324 g/mol. The quantitative estimate of drug-likeness (QED) is 0.606. The largest absolute Gasteiger partial charge is 0.490 e. The lowest BCUT2D eigenvalue weighted by atomic mass is 10.1. The fourth-order valence-electron chi connectivity index (χ4n) is 3.97. The molecule has 4 nitrogen and oxygen atoms in total. The van der Waals surface area contributed by atoms with Crippen LogP contribution in [-0.4, -0.2) is 24.3 Å². The molecule has 0 amide bonds. The zero-order valence-electron chi connectivity index (χ0n) is 14.4. The van der Waals surface area contributed by atoms with Crippen molar-refractivity contribution < 1.29 is 9.47 Å². The molecule has 2 heterocycles. The Bertz CT molecular complexity index is 1090. The third-order valence-corrected chi connectivity index (χ3v) is 5.04. The van der Waals surface area contributed by atoms with Crippen LogP contribution >= 0.6 is 0 Å². The van der Waals surface area contributed by atoms with Crippen LogP contribution < -0.4 is 15.2 Å². The normalized spacial score (nSPS) is 16.0. The van der Waals surface area contributed by atoms with Crippen molar-refractivity contribution in [3.05, 3.63) is 72.3 Å². The topological polar surface area (TPSA) is 49.4 Å². The molecule has 1 aliphatic rings. The van der Waals surface area contributed by atoms with Crippen LogP contribution in [0, 0.1) is 0 Å². The molecule has 0 spiro atoms. The van der Waals surface area contributed by atoms with Crippen molar-refractivity contribution in [2.24, 2.45) is 5.73 Å². The molecule has 1 atom stereocenters. The molecule has 0 fully saturated rings. The maximum Gasteiger partial charge on any atom is 0.143 e. The molecule has 0 unspecified atom stereocenters. The average molecular weight is 344 g/mol. The lowest BCUT2D eigenvalue weighted by Gasteiger charge is -2.28. The van der Waals surface area contributed by atoms with Crippen LogP contribution in [0.15, 0.2) is 66.7 Å². The molecule has 0 saturated carbocycles. The Morgan fingerprint density at radius 2 is 1.69 bits per heavy atom. The number of fused-ring (bicyclic) bond motifs is 3. The first-order valence-corrected chi connectivity index (χ1v) is 8.94. The Kier molecular flexibility index (Phi) is 3.57. The molecule has 4 heteroatoms. The van der Waals surface area contributed by atoms with Gasteiger partial charge in [-0.1, -0.05) is 54.6 Å². The van der Waals surface area contributed by atoms with Gasteiger partial charge in [0.15, 0.2) is 0 Å². The molecule has 5 rings (SSSR count). The van der Waals surface area contributed by atoms with Gasteiger partial charge >= 0.3 is 0 Å². The van der Waals surface area contributed by atoms with Crippen LogP contribution in [0.1, 0.15) is 11.6 Å². The van der Waals surface area contributed by atoms with Crippen molar-refractivity contribution in [1.82, 2.24) is 4.57 Å². The van der Waals surface area contributed by atoms with Crippen molar-refractivity contribution in [2.45, 2.75) is 6.04 Å². The average Bonchev–Trinajstić information content (AvgIpc) is 3.05. The van der Waals surface area contributed by atoms with Crippen LogP contribution in [0.25, 0.3) is 21.8 Å². The monoisotopic (exact) mass is 344 g/mol. The molecule has 0 radical (unpaired) electrons. The molecule has 0 bridgehead atoms. The van der Waals surface area contributed by atoms with Gasteiger partial charge in [0.25, 0.3) is 0 Å². The summed E-state index contributed by atoms with van der Waals surface area (Å²) in [6, 6.07) is 23.1. The van der Waals surface area contributed by atoms with Gasteiger partial charge < -0.3 is 19.8 Å². The Morgan fingerprint density at radius 3 is 2.50 bits per heavy atom. The highest BCUT2D eigenvalue weighted by atomic mass is 16.5. The number of nitrogens with two attached hydrogens (primary N) is 1. The van der Waals surface area contributed by atoms with Gasteiger partial charge in [-0.05, 0) is 17.7 Å². The minimum Gasteiger partial charge on any atom is -0.490 e. The number of hydrogen-bond acceptors (Lipinski definition) is 3. The first kappa shape index (κ1) is 15.3. The number of benzene rings is 3. The highest BCUT2D eigenvalue weighted by Crippen LogP contribution is 2.44. The highest BCUT2D eigenvalue weighted by molar-refractivity contribution is 6.12. The van der Waals surface area contributed by atoms with Crippen LogP contribution in [0.2, 0.25) is 0 Å². The molecule has 26 heavy (non-hydrogen) atoms. The maximum absolute atomic E-state index is 6.13. The fourth-order valence-corrected chi connectivity index (χ4v) is 3.97. The third kappa shape index (κ3) is 2.19. The summed E-state index contributed by atoms with van der Waals surface area (Å²) in [7, 11) is 0. The lowest BCUT2D eigenvalue weighted by molar-refractivity contribution is 0.261. The molecular formula is C22H20N2O2. The third-order valence-electron chi connectivity index (χ3n) is 5.04. The van der Waals surface area contributed by atoms with E-state index in [4.69, 9.17) is 15.2 Å². The summed E-state index contributed by atoms with van der Waals surface area (Å²) < 4.78 is 14.5. The fraction of sp³-hybridized carbons (Fsp3) is 0.182. The SMILES string of the molecule is NCCOc1cccc2c3cccc4c3n(c12)[C@H](c1ccccc1)CO4. The van der Waals surface area contributed by atoms with Gasteiger partial charge in [0, 0.05) is 17.3 Å². The van der Waals surface area contributed by atoms with E-state index in [9.17, 15) is 0 Å². The van der Waals surface area contributed by atoms with Crippen LogP contribution in [0.4, 0.5) is 0 Å². The van der Waals surface area contributed by atoms with Gasteiger partial charge in [-0.25, -0.2) is 0 Å². The van der Waals surface area contributed by atoms with Crippen molar-refractivity contribution in [3.63, 3.8) is 0 Å². The van der Waals surface area contributed by atoms with Crippen molar-refractivity contribution in [1.29, 1.82) is 0 Å². The Labute approximate surface area is 151 Å². The van der Waals surface area contributed by atoms with E-state index in [0.29, 0.717) is 19.8 Å². The van der Waals surface area contributed by atoms with Crippen LogP contribution in [-0.2, 0) is 0 Å². The second-order valence-corrected chi connectivity index (χ2v) is 6.55. The Hall–Kier alpha value is -2.98. The Balaban J connectivity index is 1.86. The minimum atomic E-state index is 0.105. The number of rotatable bonds is 4. The predicted octanol–water partition coefficient (Wildman–Crippen LogP) is 4.11. The van der Waals surface area contributed by atoms with Crippen molar-refractivity contribution >= 4 is 21.8 Å². The summed E-state index contributed by atoms with van der Waals surface area (Å²) >= 11 is 0. The smallest absolute Gasteiger partial charge is 0.143 e. The van der Waals surface area contributed by atoms with Gasteiger partial charge in [0.2, 0.25) is 0 Å². The van der Waals surface area contributed by atoms with Gasteiger partial charge in [-0.2, -0.15) is 0 Å². The summed E-state index contributed by atoms with van der Waals surface area (Å²) in [5.74, 6) is 1.80. The van der Waals surface area contributed by atoms with E-state index in [2.05, 4.69) is 47.0 Å². The van der Waals surface area contributed by atoms with Gasteiger partial charge in [0.05, 0.1) is 17.1 Å². The van der Waals surface area contributed by atoms with Crippen LogP contribution in [0.5, 0.6) is 11.5 Å². The van der Waals surface area contributed by atoms with Gasteiger partial charge in [-0.3, -0.25) is 0 Å². The zero-order chi connectivity index (χ0) is 17.5. The summed E-state index contributed by atoms with van der Waals surface area (Å²) in [6.07, 6.45) is 0. The first-order chi connectivity index (χ1) is 12.9. The predicted molar refractivity (Wildman–Crippen MR) is 104 cm³/mol. The van der Waals surface area contributed by atoms with Crippen LogP contribution in [0.3, 0.4) is 0 Å². The number of ether oxygens (including phenoxy) is 2. The molecule has 3 aromatic carbocycles.